The number of carboxylic acid groups (broad SMARTS) is 1. The lowest BCUT2D eigenvalue weighted by molar-refractivity contribution is -0.141. The number of carboxylic acids is 1. The number of fused-ring (bicyclic) bond motifs is 3. The largest absolute Gasteiger partial charge is 0.481 e. The molecule has 2 aromatic carbocycles. The number of carbonyl (C=O) groups is 1. The summed E-state index contributed by atoms with van der Waals surface area (Å²) in [5.74, 6) is -1.07. The van der Waals surface area contributed by atoms with E-state index < -0.39 is 5.97 Å². The highest BCUT2D eigenvalue weighted by Crippen LogP contribution is 2.38. The highest BCUT2D eigenvalue weighted by Gasteiger charge is 2.22. The molecule has 0 fully saturated rings. The van der Waals surface area contributed by atoms with Crippen molar-refractivity contribution in [2.75, 3.05) is 0 Å². The molecule has 0 radical (unpaired) electrons. The lowest BCUT2D eigenvalue weighted by atomic mass is 9.94. The van der Waals surface area contributed by atoms with Crippen molar-refractivity contribution in [1.82, 2.24) is 0 Å². The van der Waals surface area contributed by atoms with Crippen LogP contribution in [0.3, 0.4) is 0 Å². The van der Waals surface area contributed by atoms with Crippen LogP contribution in [0.4, 0.5) is 0 Å². The molecule has 0 spiro atoms. The third-order valence-corrected chi connectivity index (χ3v) is 3.90. The molecule has 0 amide bonds. The van der Waals surface area contributed by atoms with Crippen LogP contribution in [0.1, 0.15) is 23.6 Å². The van der Waals surface area contributed by atoms with E-state index in [1.54, 1.807) is 6.92 Å². The molecule has 1 aliphatic rings. The summed E-state index contributed by atoms with van der Waals surface area (Å²) in [6, 6.07) is 14.6. The first-order chi connectivity index (χ1) is 9.16. The Balaban J connectivity index is 2.01. The van der Waals surface area contributed by atoms with E-state index in [-0.39, 0.29) is 5.92 Å². The second-order valence-electron chi connectivity index (χ2n) is 5.22. The zero-order chi connectivity index (χ0) is 13.4. The Hall–Kier alpha value is -2.09. The summed E-state index contributed by atoms with van der Waals surface area (Å²) in [5, 5.41) is 9.07. The van der Waals surface area contributed by atoms with Gasteiger partial charge < -0.3 is 5.11 Å². The van der Waals surface area contributed by atoms with Gasteiger partial charge in [-0.1, -0.05) is 49.4 Å². The fraction of sp³-hybridized carbons (Fsp3) is 0.235. The lowest BCUT2D eigenvalue weighted by Gasteiger charge is -2.11. The van der Waals surface area contributed by atoms with Crippen LogP contribution >= 0.6 is 0 Å². The second kappa shape index (κ2) is 4.54. The van der Waals surface area contributed by atoms with E-state index in [1.165, 1.54) is 27.8 Å². The first kappa shape index (κ1) is 12.0. The van der Waals surface area contributed by atoms with Gasteiger partial charge in [0, 0.05) is 0 Å². The summed E-state index contributed by atoms with van der Waals surface area (Å²) < 4.78 is 0. The molecule has 0 saturated carbocycles. The quantitative estimate of drug-likeness (QED) is 0.774. The molecule has 1 N–H and O–H groups in total. The van der Waals surface area contributed by atoms with Crippen LogP contribution in [0.25, 0.3) is 11.1 Å². The third-order valence-electron chi connectivity index (χ3n) is 3.90. The molecule has 1 unspecified atom stereocenters. The minimum atomic E-state index is -0.729. The summed E-state index contributed by atoms with van der Waals surface area (Å²) in [5.41, 5.74) is 6.38. The van der Waals surface area contributed by atoms with Crippen molar-refractivity contribution in [3.63, 3.8) is 0 Å². The van der Waals surface area contributed by atoms with Crippen LogP contribution in [-0.4, -0.2) is 11.1 Å². The van der Waals surface area contributed by atoms with Crippen LogP contribution in [0, 0.1) is 5.92 Å². The van der Waals surface area contributed by atoms with E-state index in [1.807, 2.05) is 6.07 Å². The van der Waals surface area contributed by atoms with Crippen molar-refractivity contribution >= 4 is 5.97 Å². The van der Waals surface area contributed by atoms with E-state index in [9.17, 15) is 4.79 Å². The fourth-order valence-electron chi connectivity index (χ4n) is 2.83. The molecule has 2 nitrogen and oxygen atoms in total. The molecule has 1 atom stereocenters. The number of aliphatic carboxylic acids is 1. The minimum absolute atomic E-state index is 0.338. The molecule has 0 aliphatic heterocycles. The second-order valence-corrected chi connectivity index (χ2v) is 5.22. The van der Waals surface area contributed by atoms with E-state index in [4.69, 9.17) is 5.11 Å². The van der Waals surface area contributed by atoms with Gasteiger partial charge in [0.05, 0.1) is 5.92 Å². The van der Waals surface area contributed by atoms with Gasteiger partial charge in [0.25, 0.3) is 0 Å². The summed E-state index contributed by atoms with van der Waals surface area (Å²) in [7, 11) is 0. The van der Waals surface area contributed by atoms with Gasteiger partial charge in [0.2, 0.25) is 0 Å². The van der Waals surface area contributed by atoms with Crippen molar-refractivity contribution < 1.29 is 9.90 Å². The Kier molecular flexibility index (Phi) is 2.86. The fourth-order valence-corrected chi connectivity index (χ4v) is 2.83. The van der Waals surface area contributed by atoms with Crippen LogP contribution in [0.15, 0.2) is 42.5 Å². The molecule has 19 heavy (non-hydrogen) atoms. The van der Waals surface area contributed by atoms with Crippen molar-refractivity contribution in [2.24, 2.45) is 5.92 Å². The average molecular weight is 252 g/mol. The van der Waals surface area contributed by atoms with E-state index in [2.05, 4.69) is 36.4 Å². The molecule has 0 aromatic heterocycles. The van der Waals surface area contributed by atoms with Gasteiger partial charge in [-0.15, -0.1) is 0 Å². The molecule has 1 aliphatic carbocycles. The molecular weight excluding hydrogens is 236 g/mol. The highest BCUT2D eigenvalue weighted by atomic mass is 16.4. The van der Waals surface area contributed by atoms with Crippen molar-refractivity contribution in [2.45, 2.75) is 19.8 Å². The van der Waals surface area contributed by atoms with E-state index in [0.29, 0.717) is 6.42 Å². The van der Waals surface area contributed by atoms with Crippen molar-refractivity contribution in [1.29, 1.82) is 0 Å². The van der Waals surface area contributed by atoms with E-state index in [0.717, 1.165) is 6.42 Å². The Morgan fingerprint density at radius 3 is 2.68 bits per heavy atom. The average Bonchev–Trinajstić information content (AvgIpc) is 2.78. The number of hydrogen-bond donors (Lipinski definition) is 1. The topological polar surface area (TPSA) is 37.3 Å². The van der Waals surface area contributed by atoms with Crippen LogP contribution in [0.2, 0.25) is 0 Å². The maximum atomic E-state index is 11.0. The third kappa shape index (κ3) is 2.03. The van der Waals surface area contributed by atoms with Gasteiger partial charge in [-0.05, 0) is 40.7 Å². The van der Waals surface area contributed by atoms with Crippen molar-refractivity contribution in [3.8, 4) is 11.1 Å². The van der Waals surface area contributed by atoms with Gasteiger partial charge in [0.1, 0.15) is 0 Å². The minimum Gasteiger partial charge on any atom is -0.481 e. The monoisotopic (exact) mass is 252 g/mol. The predicted octanol–water partition coefficient (Wildman–Crippen LogP) is 3.52. The Labute approximate surface area is 112 Å². The summed E-state index contributed by atoms with van der Waals surface area (Å²) >= 11 is 0. The van der Waals surface area contributed by atoms with Crippen LogP contribution < -0.4 is 0 Å². The zero-order valence-corrected chi connectivity index (χ0v) is 10.9. The van der Waals surface area contributed by atoms with Gasteiger partial charge in [-0.3, -0.25) is 4.79 Å². The molecule has 2 aromatic rings. The SMILES string of the molecule is CC(Cc1cccc2c1Cc1ccccc1-2)C(=O)O. The van der Waals surface area contributed by atoms with Gasteiger partial charge in [-0.25, -0.2) is 0 Å². The zero-order valence-electron chi connectivity index (χ0n) is 10.9. The van der Waals surface area contributed by atoms with Gasteiger partial charge >= 0.3 is 5.97 Å². The molecule has 0 heterocycles. The normalized spacial score (nSPS) is 13.7. The standard InChI is InChI=1S/C17H16O2/c1-11(17(18)19)9-12-6-4-8-15-14-7-3-2-5-13(14)10-16(12)15/h2-8,11H,9-10H2,1H3,(H,18,19). The molecular formula is C17H16O2. The summed E-state index contributed by atoms with van der Waals surface area (Å²) in [6.45, 7) is 1.77. The van der Waals surface area contributed by atoms with Gasteiger partial charge in [0.15, 0.2) is 0 Å². The maximum Gasteiger partial charge on any atom is 0.306 e. The first-order valence-electron chi connectivity index (χ1n) is 6.58. The first-order valence-corrected chi connectivity index (χ1v) is 6.58. The molecule has 2 heteroatoms. The lowest BCUT2D eigenvalue weighted by Crippen LogP contribution is -2.13. The predicted molar refractivity (Wildman–Crippen MR) is 75.2 cm³/mol. The van der Waals surface area contributed by atoms with Crippen molar-refractivity contribution in [3.05, 3.63) is 59.2 Å². The van der Waals surface area contributed by atoms with Gasteiger partial charge in [-0.2, -0.15) is 0 Å². The number of rotatable bonds is 3. The molecule has 3 rings (SSSR count). The maximum absolute atomic E-state index is 11.0. The Morgan fingerprint density at radius 1 is 1.16 bits per heavy atom. The highest BCUT2D eigenvalue weighted by molar-refractivity contribution is 5.78. The number of benzene rings is 2. The van der Waals surface area contributed by atoms with Crippen LogP contribution in [0.5, 0.6) is 0 Å². The smallest absolute Gasteiger partial charge is 0.306 e. The summed E-state index contributed by atoms with van der Waals surface area (Å²) in [6.07, 6.45) is 1.53. The number of hydrogen-bond acceptors (Lipinski definition) is 1. The summed E-state index contributed by atoms with van der Waals surface area (Å²) in [4.78, 5) is 11.0. The Morgan fingerprint density at radius 2 is 1.89 bits per heavy atom. The molecule has 96 valence electrons. The Bertz CT molecular complexity index is 643. The van der Waals surface area contributed by atoms with E-state index >= 15 is 0 Å². The van der Waals surface area contributed by atoms with Crippen LogP contribution in [-0.2, 0) is 17.6 Å². The molecule has 0 saturated heterocycles. The molecule has 0 bridgehead atoms.